The molecule has 0 aromatic heterocycles. The minimum Gasteiger partial charge on any atom is -0.411 e. The lowest BCUT2D eigenvalue weighted by Crippen LogP contribution is -2.14. The monoisotopic (exact) mass is 282 g/mol. The molecule has 0 aliphatic rings. The second-order valence-electron chi connectivity index (χ2n) is 5.04. The molecule has 21 heavy (non-hydrogen) atoms. The molecule has 0 saturated carbocycles. The van der Waals surface area contributed by atoms with Gasteiger partial charge in [0.2, 0.25) is 0 Å². The summed E-state index contributed by atoms with van der Waals surface area (Å²) in [6.07, 6.45) is 0. The zero-order chi connectivity index (χ0) is 15.4. The quantitative estimate of drug-likeness (QED) is 0.511. The highest BCUT2D eigenvalue weighted by Crippen LogP contribution is 2.16. The van der Waals surface area contributed by atoms with Crippen molar-refractivity contribution in [1.29, 1.82) is 0 Å². The Hall–Kier alpha value is -2.62. The molecule has 0 unspecified atom stereocenters. The van der Waals surface area contributed by atoms with Gasteiger partial charge in [-0.3, -0.25) is 4.79 Å². The van der Waals surface area contributed by atoms with Crippen LogP contribution in [0.2, 0.25) is 0 Å². The fraction of sp³-hybridized carbons (Fsp3) is 0.176. The lowest BCUT2D eigenvalue weighted by molar-refractivity contribution is 0.102. The number of rotatable bonds is 3. The van der Waals surface area contributed by atoms with Crippen molar-refractivity contribution in [3.8, 4) is 0 Å². The Morgan fingerprint density at radius 3 is 2.62 bits per heavy atom. The maximum atomic E-state index is 12.3. The van der Waals surface area contributed by atoms with Crippen LogP contribution in [0.5, 0.6) is 0 Å². The highest BCUT2D eigenvalue weighted by Gasteiger charge is 2.10. The summed E-state index contributed by atoms with van der Waals surface area (Å²) < 4.78 is 0. The van der Waals surface area contributed by atoms with Crippen molar-refractivity contribution in [3.05, 3.63) is 64.7 Å². The van der Waals surface area contributed by atoms with Gasteiger partial charge in [-0.15, -0.1) is 0 Å². The zero-order valence-electron chi connectivity index (χ0n) is 12.3. The molecule has 0 atom stereocenters. The molecule has 2 aromatic rings. The largest absolute Gasteiger partial charge is 0.411 e. The van der Waals surface area contributed by atoms with Crippen LogP contribution < -0.4 is 5.32 Å². The second kappa shape index (κ2) is 6.22. The number of anilines is 1. The van der Waals surface area contributed by atoms with Gasteiger partial charge in [-0.25, -0.2) is 0 Å². The Balaban J connectivity index is 2.26. The third-order valence-corrected chi connectivity index (χ3v) is 3.33. The first-order chi connectivity index (χ1) is 10.0. The molecule has 2 aromatic carbocycles. The number of aryl methyl sites for hydroxylation is 2. The predicted molar refractivity (Wildman–Crippen MR) is 84.3 cm³/mol. The van der Waals surface area contributed by atoms with Gasteiger partial charge in [-0.2, -0.15) is 0 Å². The average molecular weight is 282 g/mol. The SMILES string of the molecule is C/C(=N\O)c1cccc(NC(=O)c2cc(C)ccc2C)c1. The fourth-order valence-electron chi connectivity index (χ4n) is 2.06. The minimum atomic E-state index is -0.146. The Bertz CT molecular complexity index is 706. The summed E-state index contributed by atoms with van der Waals surface area (Å²) in [5.41, 5.74) is 4.56. The Morgan fingerprint density at radius 2 is 1.90 bits per heavy atom. The molecule has 4 nitrogen and oxygen atoms in total. The van der Waals surface area contributed by atoms with Crippen molar-refractivity contribution in [2.45, 2.75) is 20.8 Å². The number of carbonyl (C=O) groups excluding carboxylic acids is 1. The number of oxime groups is 1. The molecule has 0 radical (unpaired) electrons. The van der Waals surface area contributed by atoms with Crippen molar-refractivity contribution in [2.24, 2.45) is 5.16 Å². The van der Waals surface area contributed by atoms with E-state index in [9.17, 15) is 4.79 Å². The van der Waals surface area contributed by atoms with Crippen LogP contribution in [0.3, 0.4) is 0 Å². The van der Waals surface area contributed by atoms with E-state index in [1.54, 1.807) is 19.1 Å². The van der Waals surface area contributed by atoms with Crippen molar-refractivity contribution >= 4 is 17.3 Å². The summed E-state index contributed by atoms with van der Waals surface area (Å²) >= 11 is 0. The van der Waals surface area contributed by atoms with Crippen LogP contribution in [0, 0.1) is 13.8 Å². The molecular formula is C17H18N2O2. The summed E-state index contributed by atoms with van der Waals surface area (Å²) in [7, 11) is 0. The summed E-state index contributed by atoms with van der Waals surface area (Å²) in [5, 5.41) is 14.8. The van der Waals surface area contributed by atoms with Gasteiger partial charge in [-0.05, 0) is 44.5 Å². The van der Waals surface area contributed by atoms with Gasteiger partial charge in [0.15, 0.2) is 0 Å². The molecule has 0 bridgehead atoms. The first kappa shape index (κ1) is 14.8. The van der Waals surface area contributed by atoms with E-state index in [4.69, 9.17) is 5.21 Å². The van der Waals surface area contributed by atoms with Gasteiger partial charge in [0.05, 0.1) is 5.71 Å². The van der Waals surface area contributed by atoms with Crippen LogP contribution in [0.25, 0.3) is 0 Å². The molecule has 0 aliphatic carbocycles. The van der Waals surface area contributed by atoms with Gasteiger partial charge in [-0.1, -0.05) is 35.0 Å². The van der Waals surface area contributed by atoms with Gasteiger partial charge < -0.3 is 10.5 Å². The molecule has 0 spiro atoms. The first-order valence-electron chi connectivity index (χ1n) is 6.69. The Morgan fingerprint density at radius 1 is 1.14 bits per heavy atom. The summed E-state index contributed by atoms with van der Waals surface area (Å²) in [5.74, 6) is -0.146. The maximum Gasteiger partial charge on any atom is 0.255 e. The van der Waals surface area contributed by atoms with Crippen LogP contribution in [0.15, 0.2) is 47.6 Å². The molecule has 1 amide bonds. The van der Waals surface area contributed by atoms with Crippen molar-refractivity contribution in [1.82, 2.24) is 0 Å². The topological polar surface area (TPSA) is 61.7 Å². The average Bonchev–Trinajstić information content (AvgIpc) is 2.49. The summed E-state index contributed by atoms with van der Waals surface area (Å²) in [6, 6.07) is 13.0. The highest BCUT2D eigenvalue weighted by atomic mass is 16.4. The van der Waals surface area contributed by atoms with Crippen LogP contribution in [-0.4, -0.2) is 16.8 Å². The van der Waals surface area contributed by atoms with E-state index < -0.39 is 0 Å². The third kappa shape index (κ3) is 3.48. The van der Waals surface area contributed by atoms with E-state index in [1.807, 2.05) is 44.2 Å². The second-order valence-corrected chi connectivity index (χ2v) is 5.04. The number of benzene rings is 2. The van der Waals surface area contributed by atoms with Crippen LogP contribution in [0.1, 0.15) is 34.0 Å². The molecule has 4 heteroatoms. The molecule has 2 N–H and O–H groups in total. The van der Waals surface area contributed by atoms with Crippen molar-refractivity contribution < 1.29 is 10.0 Å². The summed E-state index contributed by atoms with van der Waals surface area (Å²) in [6.45, 7) is 5.57. The van der Waals surface area contributed by atoms with Gasteiger partial charge in [0.25, 0.3) is 5.91 Å². The minimum absolute atomic E-state index is 0.146. The van der Waals surface area contributed by atoms with E-state index in [0.29, 0.717) is 17.0 Å². The molecule has 0 saturated heterocycles. The molecule has 0 aliphatic heterocycles. The van der Waals surface area contributed by atoms with Gasteiger partial charge in [0, 0.05) is 16.8 Å². The molecule has 0 fully saturated rings. The summed E-state index contributed by atoms with van der Waals surface area (Å²) in [4.78, 5) is 12.3. The van der Waals surface area contributed by atoms with E-state index in [-0.39, 0.29) is 5.91 Å². The number of carbonyl (C=O) groups is 1. The molecule has 2 rings (SSSR count). The Labute approximate surface area is 124 Å². The number of nitrogens with zero attached hydrogens (tertiary/aromatic N) is 1. The lowest BCUT2D eigenvalue weighted by Gasteiger charge is -2.09. The first-order valence-corrected chi connectivity index (χ1v) is 6.69. The van der Waals surface area contributed by atoms with Gasteiger partial charge >= 0.3 is 0 Å². The smallest absolute Gasteiger partial charge is 0.255 e. The van der Waals surface area contributed by atoms with E-state index in [0.717, 1.165) is 16.7 Å². The normalized spacial score (nSPS) is 11.3. The van der Waals surface area contributed by atoms with Crippen LogP contribution >= 0.6 is 0 Å². The molecular weight excluding hydrogens is 264 g/mol. The maximum absolute atomic E-state index is 12.3. The van der Waals surface area contributed by atoms with E-state index in [2.05, 4.69) is 10.5 Å². The zero-order valence-corrected chi connectivity index (χ0v) is 12.3. The fourth-order valence-corrected chi connectivity index (χ4v) is 2.06. The molecule has 108 valence electrons. The standard InChI is InChI=1S/C17H18N2O2/c1-11-7-8-12(2)16(9-11)17(20)18-15-6-4-5-14(10-15)13(3)19-21/h4-10,21H,1-3H3,(H,18,20)/b19-13+. The lowest BCUT2D eigenvalue weighted by atomic mass is 10.0. The Kier molecular flexibility index (Phi) is 4.38. The highest BCUT2D eigenvalue weighted by molar-refractivity contribution is 6.06. The van der Waals surface area contributed by atoms with Gasteiger partial charge in [0.1, 0.15) is 0 Å². The van der Waals surface area contributed by atoms with E-state index >= 15 is 0 Å². The number of hydrogen-bond acceptors (Lipinski definition) is 3. The predicted octanol–water partition coefficient (Wildman–Crippen LogP) is 3.75. The van der Waals surface area contributed by atoms with Crippen molar-refractivity contribution in [3.63, 3.8) is 0 Å². The molecule has 0 heterocycles. The van der Waals surface area contributed by atoms with E-state index in [1.165, 1.54) is 0 Å². The number of nitrogens with one attached hydrogen (secondary N) is 1. The van der Waals surface area contributed by atoms with Crippen LogP contribution in [0.4, 0.5) is 5.69 Å². The number of amides is 1. The van der Waals surface area contributed by atoms with Crippen molar-refractivity contribution in [2.75, 3.05) is 5.32 Å². The third-order valence-electron chi connectivity index (χ3n) is 3.33. The van der Waals surface area contributed by atoms with Crippen LogP contribution in [-0.2, 0) is 0 Å². The number of hydrogen-bond donors (Lipinski definition) is 2.